The molecule has 19 heavy (non-hydrogen) atoms. The quantitative estimate of drug-likeness (QED) is 0.829. The summed E-state index contributed by atoms with van der Waals surface area (Å²) in [5.74, 6) is -0.615. The van der Waals surface area contributed by atoms with Crippen LogP contribution in [0.5, 0.6) is 17.4 Å². The zero-order valence-electron chi connectivity index (χ0n) is 9.28. The van der Waals surface area contributed by atoms with Crippen molar-refractivity contribution in [3.05, 3.63) is 30.0 Å². The summed E-state index contributed by atoms with van der Waals surface area (Å²) >= 11 is 0. The molecule has 0 saturated carbocycles. The molecule has 0 radical (unpaired) electrons. The first kappa shape index (κ1) is 11.3. The van der Waals surface area contributed by atoms with Gasteiger partial charge in [0.15, 0.2) is 11.5 Å². The molecular weight excluding hydrogens is 258 g/mol. The van der Waals surface area contributed by atoms with Crippen LogP contribution in [0.25, 0.3) is 11.1 Å². The molecule has 3 rings (SSSR count). The standard InChI is InChI=1S/C12H6F2N2O3/c13-12(14)18-9-3-1-2-6(10(9)19-12)8-5-16-11(17)7(8)4-15/h1-3,5,16-17H. The van der Waals surface area contributed by atoms with E-state index in [0.717, 1.165) is 0 Å². The molecule has 1 aliphatic rings. The third kappa shape index (κ3) is 1.65. The van der Waals surface area contributed by atoms with Crippen molar-refractivity contribution in [1.82, 2.24) is 4.98 Å². The van der Waals surface area contributed by atoms with Gasteiger partial charge in [0.05, 0.1) is 0 Å². The Morgan fingerprint density at radius 3 is 2.79 bits per heavy atom. The van der Waals surface area contributed by atoms with Gasteiger partial charge in [0.25, 0.3) is 0 Å². The minimum Gasteiger partial charge on any atom is -0.494 e. The van der Waals surface area contributed by atoms with Gasteiger partial charge in [0.2, 0.25) is 5.88 Å². The van der Waals surface area contributed by atoms with Gasteiger partial charge in [0.1, 0.15) is 11.6 Å². The van der Waals surface area contributed by atoms with Crippen molar-refractivity contribution >= 4 is 0 Å². The van der Waals surface area contributed by atoms with Gasteiger partial charge in [-0.15, -0.1) is 8.78 Å². The predicted molar refractivity (Wildman–Crippen MR) is 58.8 cm³/mol. The van der Waals surface area contributed by atoms with Gasteiger partial charge in [-0.25, -0.2) is 0 Å². The maximum absolute atomic E-state index is 13.1. The zero-order valence-corrected chi connectivity index (χ0v) is 9.28. The summed E-state index contributed by atoms with van der Waals surface area (Å²) in [5.41, 5.74) is 0.452. The van der Waals surface area contributed by atoms with Gasteiger partial charge < -0.3 is 19.6 Å². The third-order valence-corrected chi connectivity index (χ3v) is 2.69. The lowest BCUT2D eigenvalue weighted by Gasteiger charge is -2.06. The molecule has 0 spiro atoms. The van der Waals surface area contributed by atoms with Gasteiger partial charge in [-0.05, 0) is 6.07 Å². The maximum atomic E-state index is 13.1. The van der Waals surface area contributed by atoms with E-state index in [1.807, 2.05) is 0 Å². The number of nitrogens with zero attached hydrogens (tertiary/aromatic N) is 1. The average Bonchev–Trinajstić information content (AvgIpc) is 2.86. The van der Waals surface area contributed by atoms with Crippen molar-refractivity contribution in [2.24, 2.45) is 0 Å². The first-order chi connectivity index (χ1) is 9.02. The fourth-order valence-corrected chi connectivity index (χ4v) is 1.92. The molecule has 0 saturated heterocycles. The van der Waals surface area contributed by atoms with E-state index in [1.54, 1.807) is 6.07 Å². The number of nitriles is 1. The van der Waals surface area contributed by atoms with Crippen LogP contribution in [0.15, 0.2) is 24.4 Å². The Morgan fingerprint density at radius 1 is 1.26 bits per heavy atom. The number of aromatic amines is 1. The smallest absolute Gasteiger partial charge is 0.494 e. The van der Waals surface area contributed by atoms with E-state index < -0.39 is 6.29 Å². The van der Waals surface area contributed by atoms with Crippen molar-refractivity contribution in [2.75, 3.05) is 0 Å². The van der Waals surface area contributed by atoms with Crippen LogP contribution < -0.4 is 9.47 Å². The number of aromatic hydroxyl groups is 1. The summed E-state index contributed by atoms with van der Waals surface area (Å²) in [6.45, 7) is 0. The number of hydrogen-bond acceptors (Lipinski definition) is 4. The molecule has 2 heterocycles. The number of para-hydroxylation sites is 1. The molecule has 7 heteroatoms. The molecule has 0 atom stereocenters. The second-order valence-corrected chi connectivity index (χ2v) is 3.84. The molecule has 5 nitrogen and oxygen atoms in total. The predicted octanol–water partition coefficient (Wildman–Crippen LogP) is 2.58. The fraction of sp³-hybridized carbons (Fsp3) is 0.0833. The molecule has 0 fully saturated rings. The van der Waals surface area contributed by atoms with E-state index in [4.69, 9.17) is 5.26 Å². The summed E-state index contributed by atoms with van der Waals surface area (Å²) in [6.07, 6.45) is -2.40. The monoisotopic (exact) mass is 264 g/mol. The number of benzene rings is 1. The molecule has 0 aliphatic carbocycles. The number of ether oxygens (including phenoxy) is 2. The second kappa shape index (κ2) is 3.62. The van der Waals surface area contributed by atoms with Crippen LogP contribution >= 0.6 is 0 Å². The van der Waals surface area contributed by atoms with Crippen LogP contribution in [0.1, 0.15) is 5.56 Å². The Bertz CT molecular complexity index is 703. The Labute approximate surface area is 105 Å². The van der Waals surface area contributed by atoms with Gasteiger partial charge in [-0.1, -0.05) is 12.1 Å². The molecule has 0 unspecified atom stereocenters. The maximum Gasteiger partial charge on any atom is 0.586 e. The number of hydrogen-bond donors (Lipinski definition) is 2. The minimum atomic E-state index is -3.73. The first-order valence-corrected chi connectivity index (χ1v) is 5.21. The normalized spacial score (nSPS) is 15.2. The Balaban J connectivity index is 2.19. The summed E-state index contributed by atoms with van der Waals surface area (Å²) < 4.78 is 34.9. The molecule has 1 aliphatic heterocycles. The number of rotatable bonds is 1. The number of alkyl halides is 2. The fourth-order valence-electron chi connectivity index (χ4n) is 1.92. The molecule has 1 aromatic heterocycles. The van der Waals surface area contributed by atoms with E-state index in [-0.39, 0.29) is 34.1 Å². The van der Waals surface area contributed by atoms with E-state index in [1.165, 1.54) is 24.4 Å². The molecule has 1 aromatic carbocycles. The highest BCUT2D eigenvalue weighted by Crippen LogP contribution is 2.48. The van der Waals surface area contributed by atoms with Crippen LogP contribution in [0.2, 0.25) is 0 Å². The van der Waals surface area contributed by atoms with Crippen LogP contribution in [0.4, 0.5) is 8.78 Å². The number of aromatic nitrogens is 1. The van der Waals surface area contributed by atoms with Crippen molar-refractivity contribution in [3.8, 4) is 34.6 Å². The number of nitrogens with one attached hydrogen (secondary N) is 1. The van der Waals surface area contributed by atoms with Gasteiger partial charge in [0, 0.05) is 17.3 Å². The third-order valence-electron chi connectivity index (χ3n) is 2.69. The van der Waals surface area contributed by atoms with Crippen molar-refractivity contribution in [3.63, 3.8) is 0 Å². The van der Waals surface area contributed by atoms with Crippen molar-refractivity contribution in [1.29, 1.82) is 5.26 Å². The highest BCUT2D eigenvalue weighted by atomic mass is 19.3. The van der Waals surface area contributed by atoms with E-state index in [0.29, 0.717) is 0 Å². The van der Waals surface area contributed by atoms with Crippen LogP contribution in [-0.4, -0.2) is 16.4 Å². The Kier molecular flexibility index (Phi) is 2.16. The number of fused-ring (bicyclic) bond motifs is 1. The second-order valence-electron chi connectivity index (χ2n) is 3.84. The lowest BCUT2D eigenvalue weighted by molar-refractivity contribution is -0.286. The molecule has 96 valence electrons. The molecule has 2 aromatic rings. The van der Waals surface area contributed by atoms with Gasteiger partial charge in [-0.2, -0.15) is 5.26 Å². The zero-order chi connectivity index (χ0) is 13.6. The summed E-state index contributed by atoms with van der Waals surface area (Å²) in [6, 6.07) is 6.10. The lowest BCUT2D eigenvalue weighted by Crippen LogP contribution is -2.26. The van der Waals surface area contributed by atoms with Crippen LogP contribution in [0, 0.1) is 11.3 Å². The SMILES string of the molecule is N#Cc1c(-c2cccc3c2OC(F)(F)O3)c[nH]c1O. The van der Waals surface area contributed by atoms with Gasteiger partial charge in [-0.3, -0.25) is 0 Å². The molecule has 0 amide bonds. The molecule has 0 bridgehead atoms. The van der Waals surface area contributed by atoms with E-state index in [2.05, 4.69) is 14.5 Å². The lowest BCUT2D eigenvalue weighted by atomic mass is 10.0. The molecule has 2 N–H and O–H groups in total. The largest absolute Gasteiger partial charge is 0.586 e. The molecular formula is C12H6F2N2O3. The topological polar surface area (TPSA) is 78.3 Å². The summed E-state index contributed by atoms with van der Waals surface area (Å²) in [4.78, 5) is 2.45. The highest BCUT2D eigenvalue weighted by molar-refractivity contribution is 5.80. The average molecular weight is 264 g/mol. The van der Waals surface area contributed by atoms with Crippen LogP contribution in [0.3, 0.4) is 0 Å². The van der Waals surface area contributed by atoms with E-state index in [9.17, 15) is 13.9 Å². The minimum absolute atomic E-state index is 0.0489. The highest BCUT2D eigenvalue weighted by Gasteiger charge is 2.44. The summed E-state index contributed by atoms with van der Waals surface area (Å²) in [5, 5.41) is 18.4. The van der Waals surface area contributed by atoms with Crippen LogP contribution in [-0.2, 0) is 0 Å². The Hall–Kier alpha value is -2.75. The first-order valence-electron chi connectivity index (χ1n) is 5.21. The van der Waals surface area contributed by atoms with Gasteiger partial charge >= 0.3 is 6.29 Å². The number of H-pyrrole nitrogens is 1. The summed E-state index contributed by atoms with van der Waals surface area (Å²) in [7, 11) is 0. The Morgan fingerprint density at radius 2 is 2.05 bits per heavy atom. The number of halogens is 2. The van der Waals surface area contributed by atoms with E-state index >= 15 is 0 Å². The van der Waals surface area contributed by atoms with Crippen molar-refractivity contribution < 1.29 is 23.4 Å². The van der Waals surface area contributed by atoms with Crippen molar-refractivity contribution in [2.45, 2.75) is 6.29 Å².